The van der Waals surface area contributed by atoms with Crippen molar-refractivity contribution in [1.29, 1.82) is 0 Å². The van der Waals surface area contributed by atoms with Crippen LogP contribution in [-0.2, 0) is 50.4 Å². The normalized spacial score (nSPS) is 8.56. The Morgan fingerprint density at radius 3 is 1.19 bits per heavy atom. The maximum Gasteiger partial charge on any atom is 0.300 e. The van der Waals surface area contributed by atoms with Crippen LogP contribution in [0.4, 0.5) is 0 Å². The maximum atomic E-state index is 9.31. The van der Waals surface area contributed by atoms with E-state index in [1.54, 1.807) is 36.7 Å². The Kier molecular flexibility index (Phi) is 16.4. The molecule has 32 heavy (non-hydrogen) atoms. The molecule has 176 valence electrons. The van der Waals surface area contributed by atoms with E-state index in [1.807, 2.05) is 36.4 Å². The summed E-state index contributed by atoms with van der Waals surface area (Å²) in [5.74, 6) is -1.19. The standard InChI is InChI=1S/2C9H7NO.2C2H4O2.2Pd/c2*11-8-5-1-3-7-4-2-6-10-9(7)8;2*1-2(3)4;;/h2*1-6,11H;2*1H3,(H,3,4);;. The van der Waals surface area contributed by atoms with Gasteiger partial charge in [-0.3, -0.25) is 19.6 Å². The van der Waals surface area contributed by atoms with Crippen molar-refractivity contribution in [2.45, 2.75) is 13.8 Å². The van der Waals surface area contributed by atoms with Crippen LogP contribution in [0.15, 0.2) is 73.1 Å². The summed E-state index contributed by atoms with van der Waals surface area (Å²) in [7, 11) is 0. The number of fused-ring (bicyclic) bond motifs is 2. The second-order valence-electron chi connectivity index (χ2n) is 5.74. The predicted octanol–water partition coefficient (Wildman–Crippen LogP) is 4.06. The Morgan fingerprint density at radius 1 is 0.625 bits per heavy atom. The number of pyridine rings is 2. The van der Waals surface area contributed by atoms with E-state index in [9.17, 15) is 10.2 Å². The molecule has 0 aliphatic rings. The van der Waals surface area contributed by atoms with Gasteiger partial charge in [0.2, 0.25) is 0 Å². The summed E-state index contributed by atoms with van der Waals surface area (Å²) < 4.78 is 0. The van der Waals surface area contributed by atoms with Gasteiger partial charge in [-0.05, 0) is 24.3 Å². The summed E-state index contributed by atoms with van der Waals surface area (Å²) in [6, 6.07) is 18.3. The van der Waals surface area contributed by atoms with Crippen molar-refractivity contribution in [2.24, 2.45) is 0 Å². The summed E-state index contributed by atoms with van der Waals surface area (Å²) in [6.45, 7) is 2.17. The Morgan fingerprint density at radius 2 is 0.906 bits per heavy atom. The molecule has 0 saturated heterocycles. The third-order valence-corrected chi connectivity index (χ3v) is 3.22. The monoisotopic (exact) mass is 622 g/mol. The third kappa shape index (κ3) is 12.1. The second-order valence-corrected chi connectivity index (χ2v) is 5.74. The predicted molar refractivity (Wildman–Crippen MR) is 113 cm³/mol. The van der Waals surface area contributed by atoms with Crippen molar-refractivity contribution in [3.63, 3.8) is 0 Å². The summed E-state index contributed by atoms with van der Waals surface area (Å²) in [5.41, 5.74) is 1.32. The van der Waals surface area contributed by atoms with Gasteiger partial charge in [0.1, 0.15) is 22.5 Å². The average Bonchev–Trinajstić information content (AvgIpc) is 2.69. The van der Waals surface area contributed by atoms with Crippen LogP contribution in [0.3, 0.4) is 0 Å². The summed E-state index contributed by atoms with van der Waals surface area (Å²) in [6.07, 6.45) is 3.34. The summed E-state index contributed by atoms with van der Waals surface area (Å²) in [4.78, 5) is 26.1. The largest absolute Gasteiger partial charge is 0.506 e. The molecule has 0 radical (unpaired) electrons. The zero-order valence-corrected chi connectivity index (χ0v) is 20.2. The van der Waals surface area contributed by atoms with Crippen molar-refractivity contribution in [2.75, 3.05) is 0 Å². The first-order valence-corrected chi connectivity index (χ1v) is 8.67. The number of hydrogen-bond donors (Lipinski definition) is 4. The number of hydrogen-bond acceptors (Lipinski definition) is 6. The summed E-state index contributed by atoms with van der Waals surface area (Å²) >= 11 is 0. The number of nitrogens with zero attached hydrogens (tertiary/aromatic N) is 2. The van der Waals surface area contributed by atoms with E-state index in [0.29, 0.717) is 11.0 Å². The molecule has 0 aliphatic carbocycles. The van der Waals surface area contributed by atoms with Gasteiger partial charge in [-0.25, -0.2) is 0 Å². The molecule has 0 amide bonds. The van der Waals surface area contributed by atoms with Gasteiger partial charge in [-0.15, -0.1) is 0 Å². The molecule has 0 unspecified atom stereocenters. The molecule has 2 aromatic carbocycles. The number of carbonyl (C=O) groups is 2. The van der Waals surface area contributed by atoms with Crippen molar-refractivity contribution in [1.82, 2.24) is 9.97 Å². The van der Waals surface area contributed by atoms with Crippen LogP contribution in [0.25, 0.3) is 21.8 Å². The molecule has 10 heteroatoms. The zero-order chi connectivity index (χ0) is 22.5. The fourth-order valence-corrected chi connectivity index (χ4v) is 2.18. The average molecular weight is 623 g/mol. The number of carboxylic acids is 2. The minimum Gasteiger partial charge on any atom is -0.506 e. The van der Waals surface area contributed by atoms with Crippen molar-refractivity contribution in [3.8, 4) is 11.5 Å². The van der Waals surface area contributed by atoms with E-state index in [2.05, 4.69) is 9.97 Å². The van der Waals surface area contributed by atoms with Gasteiger partial charge in [0.25, 0.3) is 11.9 Å². The molecule has 0 spiro atoms. The van der Waals surface area contributed by atoms with E-state index >= 15 is 0 Å². The maximum absolute atomic E-state index is 9.31. The second kappa shape index (κ2) is 16.8. The van der Waals surface area contributed by atoms with Gasteiger partial charge < -0.3 is 20.4 Å². The number of phenols is 2. The molecule has 4 N–H and O–H groups in total. The number of para-hydroxylation sites is 2. The molecule has 0 bridgehead atoms. The van der Waals surface area contributed by atoms with Gasteiger partial charge in [-0.1, -0.05) is 36.4 Å². The van der Waals surface area contributed by atoms with Gasteiger partial charge in [0.05, 0.1) is 0 Å². The van der Waals surface area contributed by atoms with Crippen LogP contribution in [0.5, 0.6) is 11.5 Å². The van der Waals surface area contributed by atoms with E-state index in [0.717, 1.165) is 24.6 Å². The fourth-order valence-electron chi connectivity index (χ4n) is 2.18. The van der Waals surface area contributed by atoms with Crippen LogP contribution in [-0.4, -0.2) is 42.3 Å². The van der Waals surface area contributed by atoms with Crippen molar-refractivity contribution >= 4 is 33.7 Å². The quantitative estimate of drug-likeness (QED) is 0.215. The number of carboxylic acid groups (broad SMARTS) is 2. The van der Waals surface area contributed by atoms with Crippen LogP contribution in [0.1, 0.15) is 13.8 Å². The van der Waals surface area contributed by atoms with E-state index in [1.165, 1.54) is 0 Å². The number of benzene rings is 2. The Hall–Kier alpha value is -2.88. The van der Waals surface area contributed by atoms with E-state index < -0.39 is 11.9 Å². The molecule has 4 rings (SSSR count). The first kappa shape index (κ1) is 31.3. The smallest absolute Gasteiger partial charge is 0.300 e. The van der Waals surface area contributed by atoms with Gasteiger partial charge in [0.15, 0.2) is 0 Å². The van der Waals surface area contributed by atoms with Crippen LogP contribution in [0.2, 0.25) is 0 Å². The number of rotatable bonds is 0. The minimum atomic E-state index is -0.833. The molecule has 0 fully saturated rings. The third-order valence-electron chi connectivity index (χ3n) is 3.22. The molecule has 2 heterocycles. The number of aliphatic carboxylic acids is 2. The number of aromatic hydroxyl groups is 2. The Balaban J connectivity index is 0. The van der Waals surface area contributed by atoms with Crippen LogP contribution >= 0.6 is 0 Å². The first-order chi connectivity index (χ1) is 14.2. The molecular weight excluding hydrogens is 601 g/mol. The van der Waals surface area contributed by atoms with Gasteiger partial charge in [-0.2, -0.15) is 0 Å². The topological polar surface area (TPSA) is 141 Å². The number of aromatic nitrogens is 2. The van der Waals surface area contributed by atoms with Crippen molar-refractivity contribution in [3.05, 3.63) is 73.1 Å². The Bertz CT molecular complexity index is 1020. The SMILES string of the molecule is CC(=O)O.CC(=O)O.Oc1cccc2cccnc12.Oc1cccc2cccnc12.[Pd].[Pd]. The molecule has 4 aromatic rings. The molecular formula is C22H22N2O6Pd2. The Labute approximate surface area is 212 Å². The molecule has 0 atom stereocenters. The zero-order valence-electron chi connectivity index (χ0n) is 17.1. The van der Waals surface area contributed by atoms with Crippen LogP contribution in [0, 0.1) is 0 Å². The van der Waals surface area contributed by atoms with Crippen LogP contribution < -0.4 is 0 Å². The van der Waals surface area contributed by atoms with Gasteiger partial charge in [0, 0.05) is 77.9 Å². The van der Waals surface area contributed by atoms with E-state index in [4.69, 9.17) is 19.8 Å². The molecule has 8 nitrogen and oxygen atoms in total. The summed E-state index contributed by atoms with van der Waals surface area (Å²) in [5, 5.41) is 35.4. The minimum absolute atomic E-state index is 0. The molecule has 0 saturated carbocycles. The van der Waals surface area contributed by atoms with Gasteiger partial charge >= 0.3 is 0 Å². The van der Waals surface area contributed by atoms with Crippen molar-refractivity contribution < 1.29 is 70.9 Å². The molecule has 2 aromatic heterocycles. The fraction of sp³-hybridized carbons (Fsp3) is 0.0909. The number of phenolic OH excluding ortho intramolecular Hbond substituents is 2. The molecule has 0 aliphatic heterocycles. The van der Waals surface area contributed by atoms with E-state index in [-0.39, 0.29) is 52.3 Å². The first-order valence-electron chi connectivity index (χ1n) is 8.67.